The molecule has 1 amide bonds. The third-order valence-corrected chi connectivity index (χ3v) is 2.38. The second-order valence-corrected chi connectivity index (χ2v) is 3.57. The summed E-state index contributed by atoms with van der Waals surface area (Å²) in [6.07, 6.45) is 0.952. The smallest absolute Gasteiger partial charge is 0.226 e. The molecule has 0 fully saturated rings. The van der Waals surface area contributed by atoms with Crippen molar-refractivity contribution in [2.24, 2.45) is 0 Å². The minimum atomic E-state index is -0.390. The minimum absolute atomic E-state index is 0.124. The topological polar surface area (TPSA) is 20.3 Å². The number of benzene rings is 1. The lowest BCUT2D eigenvalue weighted by molar-refractivity contribution is -0.118. The third-order valence-electron chi connectivity index (χ3n) is 2.11. The van der Waals surface area contributed by atoms with Gasteiger partial charge in [-0.05, 0) is 18.6 Å². The third kappa shape index (κ3) is 3.20. The number of halogens is 2. The number of para-hydroxylation sites is 1. The standard InChI is InChI=1S/C11H13ClFNO/c1-14(11(15)7-4-8-12)10-6-3-2-5-9(10)13/h2-3,5-6H,4,7-8H2,1H3. The fourth-order valence-electron chi connectivity index (χ4n) is 1.24. The molecular weight excluding hydrogens is 217 g/mol. The minimum Gasteiger partial charge on any atom is -0.313 e. The summed E-state index contributed by atoms with van der Waals surface area (Å²) < 4.78 is 13.3. The van der Waals surface area contributed by atoms with Gasteiger partial charge in [0.15, 0.2) is 0 Å². The number of hydrogen-bond acceptors (Lipinski definition) is 1. The van der Waals surface area contributed by atoms with Crippen LogP contribution in [-0.4, -0.2) is 18.8 Å². The van der Waals surface area contributed by atoms with Crippen LogP contribution in [0.4, 0.5) is 10.1 Å². The van der Waals surface area contributed by atoms with E-state index in [1.54, 1.807) is 25.2 Å². The largest absolute Gasteiger partial charge is 0.313 e. The molecule has 0 saturated carbocycles. The van der Waals surface area contributed by atoms with Crippen molar-refractivity contribution in [2.75, 3.05) is 17.8 Å². The predicted molar refractivity (Wildman–Crippen MR) is 59.8 cm³/mol. The first-order valence-electron chi connectivity index (χ1n) is 4.74. The number of nitrogens with zero attached hydrogens (tertiary/aromatic N) is 1. The van der Waals surface area contributed by atoms with Gasteiger partial charge in [0, 0.05) is 19.3 Å². The normalized spacial score (nSPS) is 10.1. The Kier molecular flexibility index (Phi) is 4.56. The van der Waals surface area contributed by atoms with Gasteiger partial charge in [0.25, 0.3) is 0 Å². The molecule has 0 spiro atoms. The van der Waals surface area contributed by atoms with Gasteiger partial charge in [-0.2, -0.15) is 0 Å². The van der Waals surface area contributed by atoms with Gasteiger partial charge in [0.2, 0.25) is 5.91 Å². The lowest BCUT2D eigenvalue weighted by Gasteiger charge is -2.17. The van der Waals surface area contributed by atoms with Crippen LogP contribution in [0.1, 0.15) is 12.8 Å². The Balaban J connectivity index is 2.72. The lowest BCUT2D eigenvalue weighted by Crippen LogP contribution is -2.26. The summed E-state index contributed by atoms with van der Waals surface area (Å²) in [6, 6.07) is 6.20. The molecule has 0 atom stereocenters. The first-order chi connectivity index (χ1) is 7.16. The molecule has 1 rings (SSSR count). The van der Waals surface area contributed by atoms with E-state index in [9.17, 15) is 9.18 Å². The molecule has 15 heavy (non-hydrogen) atoms. The zero-order valence-corrected chi connectivity index (χ0v) is 9.30. The number of carbonyl (C=O) groups excluding carboxylic acids is 1. The summed E-state index contributed by atoms with van der Waals surface area (Å²) in [5.74, 6) is -0.0726. The van der Waals surface area contributed by atoms with Crippen molar-refractivity contribution in [2.45, 2.75) is 12.8 Å². The van der Waals surface area contributed by atoms with Crippen molar-refractivity contribution < 1.29 is 9.18 Å². The molecule has 0 aliphatic rings. The van der Waals surface area contributed by atoms with Crippen LogP contribution in [0.5, 0.6) is 0 Å². The first-order valence-corrected chi connectivity index (χ1v) is 5.27. The Morgan fingerprint density at radius 2 is 2.13 bits per heavy atom. The summed E-state index contributed by atoms with van der Waals surface area (Å²) in [7, 11) is 1.56. The van der Waals surface area contributed by atoms with E-state index in [0.29, 0.717) is 24.4 Å². The van der Waals surface area contributed by atoms with Crippen molar-refractivity contribution in [1.82, 2.24) is 0 Å². The van der Waals surface area contributed by atoms with Crippen LogP contribution in [0.15, 0.2) is 24.3 Å². The molecule has 0 aromatic heterocycles. The molecule has 4 heteroatoms. The van der Waals surface area contributed by atoms with E-state index in [0.717, 1.165) is 0 Å². The average Bonchev–Trinajstić information content (AvgIpc) is 2.25. The Bertz CT molecular complexity index is 343. The predicted octanol–water partition coefficient (Wildman–Crippen LogP) is 2.81. The quantitative estimate of drug-likeness (QED) is 0.727. The number of hydrogen-bond donors (Lipinski definition) is 0. The van der Waals surface area contributed by atoms with Crippen LogP contribution in [0, 0.1) is 5.82 Å². The van der Waals surface area contributed by atoms with Gasteiger partial charge >= 0.3 is 0 Å². The second kappa shape index (κ2) is 5.71. The maximum Gasteiger partial charge on any atom is 0.226 e. The van der Waals surface area contributed by atoms with Crippen molar-refractivity contribution in [1.29, 1.82) is 0 Å². The number of rotatable bonds is 4. The van der Waals surface area contributed by atoms with E-state index in [2.05, 4.69) is 0 Å². The summed E-state index contributed by atoms with van der Waals surface area (Å²) in [5, 5.41) is 0. The number of alkyl halides is 1. The molecule has 0 bridgehead atoms. The van der Waals surface area contributed by atoms with E-state index < -0.39 is 0 Å². The molecular formula is C11H13ClFNO. The second-order valence-electron chi connectivity index (χ2n) is 3.20. The fraction of sp³-hybridized carbons (Fsp3) is 0.364. The summed E-state index contributed by atoms with van der Waals surface area (Å²) in [4.78, 5) is 12.9. The average molecular weight is 230 g/mol. The van der Waals surface area contributed by atoms with Crippen LogP contribution in [0.25, 0.3) is 0 Å². The molecule has 1 aromatic rings. The molecule has 0 N–H and O–H groups in total. The Labute approximate surface area is 93.6 Å². The van der Waals surface area contributed by atoms with E-state index in [1.165, 1.54) is 11.0 Å². The van der Waals surface area contributed by atoms with E-state index >= 15 is 0 Å². The van der Waals surface area contributed by atoms with Crippen LogP contribution in [-0.2, 0) is 4.79 Å². The van der Waals surface area contributed by atoms with Crippen LogP contribution in [0.2, 0.25) is 0 Å². The van der Waals surface area contributed by atoms with E-state index in [4.69, 9.17) is 11.6 Å². The molecule has 2 nitrogen and oxygen atoms in total. The van der Waals surface area contributed by atoms with Gasteiger partial charge in [-0.3, -0.25) is 4.79 Å². The molecule has 0 unspecified atom stereocenters. The van der Waals surface area contributed by atoms with E-state index in [-0.39, 0.29) is 11.7 Å². The van der Waals surface area contributed by atoms with Gasteiger partial charge in [0.05, 0.1) is 5.69 Å². The molecule has 1 aromatic carbocycles. The van der Waals surface area contributed by atoms with Crippen LogP contribution in [0.3, 0.4) is 0 Å². The highest BCUT2D eigenvalue weighted by Crippen LogP contribution is 2.18. The van der Waals surface area contributed by atoms with Crippen molar-refractivity contribution in [3.05, 3.63) is 30.1 Å². The van der Waals surface area contributed by atoms with Gasteiger partial charge < -0.3 is 4.90 Å². The van der Waals surface area contributed by atoms with Gasteiger partial charge in [-0.1, -0.05) is 12.1 Å². The summed E-state index contributed by atoms with van der Waals surface area (Å²) in [5.41, 5.74) is 0.303. The highest BCUT2D eigenvalue weighted by molar-refractivity contribution is 6.18. The maximum absolute atomic E-state index is 13.3. The number of carbonyl (C=O) groups is 1. The highest BCUT2D eigenvalue weighted by Gasteiger charge is 2.13. The zero-order valence-electron chi connectivity index (χ0n) is 8.54. The summed E-state index contributed by atoms with van der Waals surface area (Å²) in [6.45, 7) is 0. The van der Waals surface area contributed by atoms with Crippen molar-refractivity contribution in [3.63, 3.8) is 0 Å². The zero-order chi connectivity index (χ0) is 11.3. The fourth-order valence-corrected chi connectivity index (χ4v) is 1.38. The number of anilines is 1. The Morgan fingerprint density at radius 1 is 1.47 bits per heavy atom. The monoisotopic (exact) mass is 229 g/mol. The molecule has 0 aliphatic heterocycles. The van der Waals surface area contributed by atoms with Crippen molar-refractivity contribution in [3.8, 4) is 0 Å². The van der Waals surface area contributed by atoms with Crippen molar-refractivity contribution >= 4 is 23.2 Å². The molecule has 0 heterocycles. The SMILES string of the molecule is CN(C(=O)CCCCl)c1ccccc1F. The molecule has 82 valence electrons. The number of amides is 1. The van der Waals surface area contributed by atoms with Gasteiger partial charge in [-0.15, -0.1) is 11.6 Å². The Morgan fingerprint density at radius 3 is 2.73 bits per heavy atom. The van der Waals surface area contributed by atoms with Gasteiger partial charge in [-0.25, -0.2) is 4.39 Å². The summed E-state index contributed by atoms with van der Waals surface area (Å²) >= 11 is 5.48. The Hall–Kier alpha value is -1.09. The molecule has 0 aliphatic carbocycles. The van der Waals surface area contributed by atoms with Gasteiger partial charge in [0.1, 0.15) is 5.82 Å². The highest BCUT2D eigenvalue weighted by atomic mass is 35.5. The van der Waals surface area contributed by atoms with Crippen LogP contribution >= 0.6 is 11.6 Å². The first kappa shape index (κ1) is 12.0. The molecule has 0 saturated heterocycles. The lowest BCUT2D eigenvalue weighted by atomic mass is 10.2. The molecule has 0 radical (unpaired) electrons. The van der Waals surface area contributed by atoms with E-state index in [1.807, 2.05) is 0 Å². The van der Waals surface area contributed by atoms with Crippen LogP contribution < -0.4 is 4.90 Å². The maximum atomic E-state index is 13.3.